The number of pyridine rings is 1. The van der Waals surface area contributed by atoms with Crippen molar-refractivity contribution in [3.05, 3.63) is 53.6 Å². The first-order valence-electron chi connectivity index (χ1n) is 8.77. The summed E-state index contributed by atoms with van der Waals surface area (Å²) in [6.07, 6.45) is 6.45. The number of esters is 1. The first-order valence-corrected chi connectivity index (χ1v) is 8.77. The first-order chi connectivity index (χ1) is 12.7. The fourth-order valence-electron chi connectivity index (χ4n) is 3.26. The maximum Gasteiger partial charge on any atom is 0.340 e. The summed E-state index contributed by atoms with van der Waals surface area (Å²) in [5.74, 6) is 0.0654. The number of ether oxygens (including phenoxy) is 1. The largest absolute Gasteiger partial charge is 0.465 e. The number of aromatic nitrogens is 1. The van der Waals surface area contributed by atoms with Crippen LogP contribution in [0.1, 0.15) is 41.3 Å². The van der Waals surface area contributed by atoms with Gasteiger partial charge in [0.15, 0.2) is 0 Å². The molecule has 0 saturated heterocycles. The number of carbonyl (C=O) groups excluding carboxylic acids is 1. The summed E-state index contributed by atoms with van der Waals surface area (Å²) in [5, 5.41) is 5.31. The van der Waals surface area contributed by atoms with Gasteiger partial charge in [-0.2, -0.15) is 0 Å². The average Bonchev–Trinajstić information content (AvgIpc) is 3.43. The molecule has 1 saturated carbocycles. The highest BCUT2D eigenvalue weighted by atomic mass is 19.1. The zero-order valence-electron chi connectivity index (χ0n) is 14.5. The maximum atomic E-state index is 13.8. The van der Waals surface area contributed by atoms with Crippen molar-refractivity contribution in [1.29, 1.82) is 0 Å². The minimum Gasteiger partial charge on any atom is -0.465 e. The standard InChI is InChI=1S/C19H21FN4O2/c1-26-19(25)14-6-8-21-11-16(14)22-18-15-10-13(20)4-5-17(15)24(23-18)9-7-12-2-3-12/h4-6,8,10-12,18,22-23H,2-3,7,9H2,1H3. The number of methoxy groups -OCH3 is 1. The second-order valence-electron chi connectivity index (χ2n) is 6.71. The van der Waals surface area contributed by atoms with Crippen LogP contribution in [0.4, 0.5) is 15.8 Å². The van der Waals surface area contributed by atoms with Crippen LogP contribution in [0.15, 0.2) is 36.7 Å². The van der Waals surface area contributed by atoms with Crippen LogP contribution >= 0.6 is 0 Å². The summed E-state index contributed by atoms with van der Waals surface area (Å²) in [6, 6.07) is 6.37. The van der Waals surface area contributed by atoms with E-state index < -0.39 is 5.97 Å². The molecule has 0 amide bonds. The molecule has 1 unspecified atom stereocenters. The summed E-state index contributed by atoms with van der Waals surface area (Å²) in [5.41, 5.74) is 6.06. The SMILES string of the molecule is COC(=O)c1ccncc1NC1NN(CCC2CC2)c2ccc(F)cc21. The molecule has 0 radical (unpaired) electrons. The summed E-state index contributed by atoms with van der Waals surface area (Å²) < 4.78 is 18.7. The monoisotopic (exact) mass is 356 g/mol. The molecule has 1 fully saturated rings. The van der Waals surface area contributed by atoms with Gasteiger partial charge in [0.05, 0.1) is 30.2 Å². The van der Waals surface area contributed by atoms with E-state index in [4.69, 9.17) is 4.74 Å². The third-order valence-electron chi connectivity index (χ3n) is 4.86. The Labute approximate surface area is 151 Å². The lowest BCUT2D eigenvalue weighted by Gasteiger charge is -2.22. The number of benzene rings is 1. The van der Waals surface area contributed by atoms with Crippen LogP contribution in [0.2, 0.25) is 0 Å². The first kappa shape index (κ1) is 16.8. The van der Waals surface area contributed by atoms with Crippen LogP contribution in [-0.4, -0.2) is 24.6 Å². The predicted octanol–water partition coefficient (Wildman–Crippen LogP) is 3.24. The van der Waals surface area contributed by atoms with Gasteiger partial charge in [0.1, 0.15) is 12.0 Å². The van der Waals surface area contributed by atoms with Gasteiger partial charge in [0, 0.05) is 18.3 Å². The van der Waals surface area contributed by atoms with Gasteiger partial charge >= 0.3 is 5.97 Å². The van der Waals surface area contributed by atoms with Crippen molar-refractivity contribution in [2.45, 2.75) is 25.4 Å². The summed E-state index contributed by atoms with van der Waals surface area (Å²) in [6.45, 7) is 0.860. The Morgan fingerprint density at radius 2 is 2.27 bits per heavy atom. The van der Waals surface area contributed by atoms with Crippen LogP contribution in [-0.2, 0) is 4.74 Å². The van der Waals surface area contributed by atoms with Gasteiger partial charge < -0.3 is 15.1 Å². The number of nitrogens with one attached hydrogen (secondary N) is 2. The predicted molar refractivity (Wildman–Crippen MR) is 96.2 cm³/mol. The molecule has 2 N–H and O–H groups in total. The lowest BCUT2D eigenvalue weighted by atomic mass is 10.1. The number of fused-ring (bicyclic) bond motifs is 1. The second kappa shape index (κ2) is 6.92. The van der Waals surface area contributed by atoms with Crippen LogP contribution < -0.4 is 15.8 Å². The molecule has 0 spiro atoms. The molecule has 2 heterocycles. The number of anilines is 2. The number of rotatable bonds is 6. The molecule has 26 heavy (non-hydrogen) atoms. The van der Waals surface area contributed by atoms with E-state index in [0.29, 0.717) is 11.3 Å². The van der Waals surface area contributed by atoms with Gasteiger partial charge in [-0.3, -0.25) is 4.98 Å². The van der Waals surface area contributed by atoms with Crippen molar-refractivity contribution < 1.29 is 13.9 Å². The number of carbonyl (C=O) groups is 1. The highest BCUT2D eigenvalue weighted by Crippen LogP contribution is 2.37. The topological polar surface area (TPSA) is 66.5 Å². The molecule has 6 nitrogen and oxygen atoms in total. The van der Waals surface area contributed by atoms with Gasteiger partial charge in [-0.15, -0.1) is 0 Å². The summed E-state index contributed by atoms with van der Waals surface area (Å²) >= 11 is 0. The van der Waals surface area contributed by atoms with E-state index >= 15 is 0 Å². The minimum atomic E-state index is -0.446. The lowest BCUT2D eigenvalue weighted by molar-refractivity contribution is 0.0601. The fraction of sp³-hybridized carbons (Fsp3) is 0.368. The normalized spacial score (nSPS) is 18.5. The molecule has 1 aliphatic carbocycles. The molecule has 1 aromatic carbocycles. The molecule has 2 aromatic rings. The Morgan fingerprint density at radius 1 is 1.42 bits per heavy atom. The third-order valence-corrected chi connectivity index (χ3v) is 4.86. The van der Waals surface area contributed by atoms with E-state index in [1.807, 2.05) is 0 Å². The Hall–Kier alpha value is -2.67. The van der Waals surface area contributed by atoms with E-state index in [-0.39, 0.29) is 12.0 Å². The molecule has 0 bridgehead atoms. The molecule has 1 aliphatic heterocycles. The Kier molecular flexibility index (Phi) is 4.46. The quantitative estimate of drug-likeness (QED) is 0.775. The highest BCUT2D eigenvalue weighted by Gasteiger charge is 2.31. The van der Waals surface area contributed by atoms with Gasteiger partial charge in [0.25, 0.3) is 0 Å². The summed E-state index contributed by atoms with van der Waals surface area (Å²) in [7, 11) is 1.34. The number of hydrazine groups is 1. The van der Waals surface area contributed by atoms with E-state index in [1.54, 1.807) is 18.3 Å². The Balaban J connectivity index is 1.59. The molecule has 136 valence electrons. The van der Waals surface area contributed by atoms with Crippen molar-refractivity contribution in [2.75, 3.05) is 24.0 Å². The zero-order valence-corrected chi connectivity index (χ0v) is 14.5. The fourth-order valence-corrected chi connectivity index (χ4v) is 3.26. The number of nitrogens with zero attached hydrogens (tertiary/aromatic N) is 2. The molecule has 1 aromatic heterocycles. The van der Waals surface area contributed by atoms with Crippen LogP contribution in [0.25, 0.3) is 0 Å². The highest BCUT2D eigenvalue weighted by molar-refractivity contribution is 5.95. The zero-order chi connectivity index (χ0) is 18.1. The number of halogens is 1. The molecular weight excluding hydrogens is 335 g/mol. The van der Waals surface area contributed by atoms with Crippen molar-refractivity contribution in [3.63, 3.8) is 0 Å². The van der Waals surface area contributed by atoms with Gasteiger partial charge in [0.2, 0.25) is 0 Å². The van der Waals surface area contributed by atoms with Gasteiger partial charge in [-0.1, -0.05) is 12.8 Å². The van der Waals surface area contributed by atoms with E-state index in [0.717, 1.165) is 30.1 Å². The lowest BCUT2D eigenvalue weighted by Crippen LogP contribution is -2.38. The Bertz CT molecular complexity index is 825. The van der Waals surface area contributed by atoms with Gasteiger partial charge in [-0.25, -0.2) is 14.6 Å². The van der Waals surface area contributed by atoms with Crippen molar-refractivity contribution in [2.24, 2.45) is 5.92 Å². The molecular formula is C19H21FN4O2. The molecule has 1 atom stereocenters. The van der Waals surface area contributed by atoms with E-state index in [1.165, 1.54) is 38.3 Å². The van der Waals surface area contributed by atoms with Crippen LogP contribution in [0.5, 0.6) is 0 Å². The van der Waals surface area contributed by atoms with Crippen LogP contribution in [0.3, 0.4) is 0 Å². The Morgan fingerprint density at radius 3 is 3.04 bits per heavy atom. The summed E-state index contributed by atoms with van der Waals surface area (Å²) in [4.78, 5) is 16.1. The van der Waals surface area contributed by atoms with E-state index in [2.05, 4.69) is 20.7 Å². The third kappa shape index (κ3) is 3.35. The molecule has 7 heteroatoms. The number of hydrogen-bond acceptors (Lipinski definition) is 6. The van der Waals surface area contributed by atoms with Crippen LogP contribution in [0, 0.1) is 11.7 Å². The maximum absolute atomic E-state index is 13.8. The minimum absolute atomic E-state index is 0.291. The van der Waals surface area contributed by atoms with Gasteiger partial charge in [-0.05, 0) is 36.6 Å². The van der Waals surface area contributed by atoms with Crippen molar-refractivity contribution in [3.8, 4) is 0 Å². The average molecular weight is 356 g/mol. The van der Waals surface area contributed by atoms with Crippen molar-refractivity contribution >= 4 is 17.3 Å². The molecule has 4 rings (SSSR count). The second-order valence-corrected chi connectivity index (χ2v) is 6.71. The number of hydrogen-bond donors (Lipinski definition) is 2. The smallest absolute Gasteiger partial charge is 0.340 e. The molecule has 2 aliphatic rings. The van der Waals surface area contributed by atoms with E-state index in [9.17, 15) is 9.18 Å². The van der Waals surface area contributed by atoms with Crippen molar-refractivity contribution in [1.82, 2.24) is 10.4 Å².